The van der Waals surface area contributed by atoms with Crippen LogP contribution in [0.2, 0.25) is 5.02 Å². The second kappa shape index (κ2) is 10.1. The van der Waals surface area contributed by atoms with Crippen molar-refractivity contribution in [2.75, 3.05) is 12.3 Å². The zero-order chi connectivity index (χ0) is 20.9. The lowest BCUT2D eigenvalue weighted by molar-refractivity contribution is 0.467. The number of aryl methyl sites for hydroxylation is 2. The van der Waals surface area contributed by atoms with E-state index in [1.54, 1.807) is 0 Å². The molecule has 3 nitrogen and oxygen atoms in total. The summed E-state index contributed by atoms with van der Waals surface area (Å²) in [5.41, 5.74) is 11.8. The molecular formula is C24H33ClN2OS. The van der Waals surface area contributed by atoms with Crippen LogP contribution in [-0.2, 0) is 29.0 Å². The van der Waals surface area contributed by atoms with Crippen LogP contribution in [0.4, 0.5) is 0 Å². The molecule has 0 saturated carbocycles. The van der Waals surface area contributed by atoms with Gasteiger partial charge < -0.3 is 5.73 Å². The van der Waals surface area contributed by atoms with Crippen LogP contribution in [-0.4, -0.2) is 28.4 Å². The third kappa shape index (κ3) is 6.08. The highest BCUT2D eigenvalue weighted by atomic mass is 35.5. The molecule has 29 heavy (non-hydrogen) atoms. The van der Waals surface area contributed by atoms with Crippen molar-refractivity contribution in [3.63, 3.8) is 0 Å². The third-order valence-corrected chi connectivity index (χ3v) is 7.98. The average molecular weight is 433 g/mol. The Kier molecular flexibility index (Phi) is 7.80. The van der Waals surface area contributed by atoms with E-state index in [9.17, 15) is 4.21 Å². The number of rotatable bonds is 9. The van der Waals surface area contributed by atoms with Gasteiger partial charge in [0.1, 0.15) is 0 Å². The number of hydrogen-bond acceptors (Lipinski definition) is 2. The molecule has 0 heterocycles. The predicted octanol–water partition coefficient (Wildman–Crippen LogP) is 4.50. The van der Waals surface area contributed by atoms with Crippen LogP contribution in [0.3, 0.4) is 0 Å². The van der Waals surface area contributed by atoms with Gasteiger partial charge in [0.05, 0.1) is 0 Å². The van der Waals surface area contributed by atoms with Gasteiger partial charge >= 0.3 is 0 Å². The molecule has 0 fully saturated rings. The molecule has 2 aromatic carbocycles. The van der Waals surface area contributed by atoms with Crippen molar-refractivity contribution < 1.29 is 4.21 Å². The van der Waals surface area contributed by atoms with Crippen LogP contribution in [0.15, 0.2) is 42.5 Å². The summed E-state index contributed by atoms with van der Waals surface area (Å²) in [5.74, 6) is 4.74. The molecule has 0 bridgehead atoms. The Balaban J connectivity index is 1.69. The van der Waals surface area contributed by atoms with E-state index >= 15 is 0 Å². The van der Waals surface area contributed by atoms with E-state index in [1.165, 1.54) is 22.3 Å². The fourth-order valence-electron chi connectivity index (χ4n) is 4.24. The molecule has 3 N–H and O–H groups in total. The van der Waals surface area contributed by atoms with Crippen LogP contribution < -0.4 is 10.5 Å². The fraction of sp³-hybridized carbons (Fsp3) is 0.458. The Hall–Kier alpha value is -1.33. The number of fused-ring (bicyclic) bond motifs is 1. The molecule has 2 aromatic rings. The summed E-state index contributed by atoms with van der Waals surface area (Å²) in [6, 6.07) is 15.1. The topological polar surface area (TPSA) is 55.1 Å². The second-order valence-corrected chi connectivity index (χ2v) is 10.9. The lowest BCUT2D eigenvalue weighted by Crippen LogP contribution is -2.34. The number of nitrogens with two attached hydrogens (primary N) is 1. The molecule has 158 valence electrons. The monoisotopic (exact) mass is 432 g/mol. The minimum Gasteiger partial charge on any atom is -0.327 e. The first-order valence-corrected chi connectivity index (χ1v) is 12.9. The quantitative estimate of drug-likeness (QED) is 0.452. The molecule has 0 radical (unpaired) electrons. The van der Waals surface area contributed by atoms with Crippen LogP contribution in [0.1, 0.15) is 54.4 Å². The summed E-state index contributed by atoms with van der Waals surface area (Å²) in [7, 11) is -2.13. The molecule has 0 amide bonds. The molecule has 3 unspecified atom stereocenters. The van der Waals surface area contributed by atoms with Crippen LogP contribution in [0, 0.1) is 0 Å². The molecule has 3 rings (SSSR count). The first kappa shape index (κ1) is 22.4. The highest BCUT2D eigenvalue weighted by Crippen LogP contribution is 2.35. The number of hydrogen-bond donors (Lipinski definition) is 2. The van der Waals surface area contributed by atoms with Crippen molar-refractivity contribution in [3.05, 3.63) is 69.7 Å². The van der Waals surface area contributed by atoms with Crippen molar-refractivity contribution in [1.82, 2.24) is 4.72 Å². The van der Waals surface area contributed by atoms with Crippen LogP contribution in [0.25, 0.3) is 0 Å². The van der Waals surface area contributed by atoms with E-state index < -0.39 is 9.71 Å². The smallest absolute Gasteiger partial charge is 0.0438 e. The highest BCUT2D eigenvalue weighted by molar-refractivity contribution is 7.98. The summed E-state index contributed by atoms with van der Waals surface area (Å²) < 4.78 is 15.4. The number of benzene rings is 2. The van der Waals surface area contributed by atoms with Crippen molar-refractivity contribution in [2.24, 2.45) is 5.73 Å². The minimum absolute atomic E-state index is 0.153. The predicted molar refractivity (Wildman–Crippen MR) is 127 cm³/mol. The maximum absolute atomic E-state index is 12.2. The van der Waals surface area contributed by atoms with Gasteiger partial charge in [0.2, 0.25) is 0 Å². The Morgan fingerprint density at radius 1 is 1.28 bits per heavy atom. The first-order valence-electron chi connectivity index (χ1n) is 10.6. The third-order valence-electron chi connectivity index (χ3n) is 5.81. The maximum Gasteiger partial charge on any atom is 0.0438 e. The lowest BCUT2D eigenvalue weighted by Gasteiger charge is -2.32. The van der Waals surface area contributed by atoms with E-state index in [4.69, 9.17) is 17.3 Å². The van der Waals surface area contributed by atoms with E-state index in [2.05, 4.69) is 34.9 Å². The zero-order valence-electron chi connectivity index (χ0n) is 17.3. The van der Waals surface area contributed by atoms with E-state index in [-0.39, 0.29) is 6.04 Å². The zero-order valence-corrected chi connectivity index (χ0v) is 18.9. The molecule has 0 spiro atoms. The molecular weight excluding hydrogens is 400 g/mol. The number of halogens is 1. The van der Waals surface area contributed by atoms with E-state index in [0.717, 1.165) is 50.1 Å². The molecule has 3 atom stereocenters. The lowest BCUT2D eigenvalue weighted by atomic mass is 9.76. The normalized spacial score (nSPS) is 20.8. The molecule has 1 aliphatic rings. The summed E-state index contributed by atoms with van der Waals surface area (Å²) in [6.07, 6.45) is 5.71. The Labute approximate surface area is 181 Å². The SMILES string of the molecule is C=S(=O)(CCC)NCCCc1ccc2c(c1)C(Cc1ccccc1Cl)C(N)CC2. The summed E-state index contributed by atoms with van der Waals surface area (Å²) in [4.78, 5) is 0. The van der Waals surface area contributed by atoms with E-state index in [0.29, 0.717) is 11.7 Å². The molecule has 0 aromatic heterocycles. The van der Waals surface area contributed by atoms with Gasteiger partial charge in [0, 0.05) is 39.0 Å². The van der Waals surface area contributed by atoms with E-state index in [1.807, 2.05) is 25.1 Å². The summed E-state index contributed by atoms with van der Waals surface area (Å²) >= 11 is 6.42. The van der Waals surface area contributed by atoms with Crippen molar-refractivity contribution >= 4 is 27.2 Å². The molecule has 1 aliphatic carbocycles. The van der Waals surface area contributed by atoms with Gasteiger partial charge in [0.15, 0.2) is 0 Å². The van der Waals surface area contributed by atoms with Gasteiger partial charge in [-0.1, -0.05) is 54.9 Å². The average Bonchev–Trinajstić information content (AvgIpc) is 2.69. The van der Waals surface area contributed by atoms with Gasteiger partial charge in [-0.15, -0.1) is 0 Å². The Morgan fingerprint density at radius 2 is 2.07 bits per heavy atom. The largest absolute Gasteiger partial charge is 0.327 e. The van der Waals surface area contributed by atoms with Gasteiger partial charge in [-0.3, -0.25) is 4.21 Å². The molecule has 0 saturated heterocycles. The first-order chi connectivity index (χ1) is 13.9. The Bertz CT molecular complexity index is 926. The maximum atomic E-state index is 12.2. The molecule has 0 aliphatic heterocycles. The number of nitrogens with one attached hydrogen (secondary N) is 1. The highest BCUT2D eigenvalue weighted by Gasteiger charge is 2.27. The van der Waals surface area contributed by atoms with Gasteiger partial charge in [-0.2, -0.15) is 0 Å². The van der Waals surface area contributed by atoms with Gasteiger partial charge in [-0.05, 0) is 72.7 Å². The van der Waals surface area contributed by atoms with Gasteiger partial charge in [0.25, 0.3) is 0 Å². The molecule has 5 heteroatoms. The summed E-state index contributed by atoms with van der Waals surface area (Å²) in [5, 5.41) is 0.818. The van der Waals surface area contributed by atoms with Crippen molar-refractivity contribution in [2.45, 2.75) is 57.4 Å². The van der Waals surface area contributed by atoms with Crippen LogP contribution in [0.5, 0.6) is 0 Å². The van der Waals surface area contributed by atoms with Crippen molar-refractivity contribution in [1.29, 1.82) is 0 Å². The van der Waals surface area contributed by atoms with Gasteiger partial charge in [-0.25, -0.2) is 4.72 Å². The summed E-state index contributed by atoms with van der Waals surface area (Å²) in [6.45, 7) is 2.76. The van der Waals surface area contributed by atoms with Crippen LogP contribution >= 0.6 is 11.6 Å². The van der Waals surface area contributed by atoms with Crippen molar-refractivity contribution in [3.8, 4) is 0 Å². The second-order valence-electron chi connectivity index (χ2n) is 8.15. The standard InChI is InChI=1S/C24H33ClN2OS/c1-3-15-29(2,28)27-14-6-7-18-10-11-19-12-13-24(26)22(21(19)16-18)17-20-8-4-5-9-23(20)25/h4-5,8-11,16,22,24H,2-3,6-7,12-15,17,26H2,1H3,(H,27,28). The Morgan fingerprint density at radius 3 is 2.83 bits per heavy atom. The minimum atomic E-state index is -2.13. The fourth-order valence-corrected chi connectivity index (χ4v) is 5.77.